The van der Waals surface area contributed by atoms with Crippen LogP contribution in [0.1, 0.15) is 0 Å². The van der Waals surface area contributed by atoms with Gasteiger partial charge in [-0.3, -0.25) is 5.10 Å². The van der Waals surface area contributed by atoms with E-state index in [9.17, 15) is 8.78 Å². The summed E-state index contributed by atoms with van der Waals surface area (Å²) >= 11 is 1.22. The second-order valence-electron chi connectivity index (χ2n) is 2.83. The highest BCUT2D eigenvalue weighted by atomic mass is 32.2. The lowest BCUT2D eigenvalue weighted by atomic mass is 10.3. The molecule has 0 aliphatic carbocycles. The summed E-state index contributed by atoms with van der Waals surface area (Å²) in [5.41, 5.74) is 5.55. The van der Waals surface area contributed by atoms with E-state index in [4.69, 9.17) is 5.73 Å². The normalized spacial score (nSPS) is 10.5. The molecule has 0 saturated carbocycles. The highest BCUT2D eigenvalue weighted by Crippen LogP contribution is 2.31. The lowest BCUT2D eigenvalue weighted by Gasteiger charge is -2.00. The molecule has 6 heteroatoms. The van der Waals surface area contributed by atoms with E-state index in [-0.39, 0.29) is 0 Å². The van der Waals surface area contributed by atoms with Gasteiger partial charge in [0, 0.05) is 4.90 Å². The predicted molar refractivity (Wildman–Crippen MR) is 53.5 cm³/mol. The summed E-state index contributed by atoms with van der Waals surface area (Å²) in [6.45, 7) is 0. The smallest absolute Gasteiger partial charge is 0.159 e. The summed E-state index contributed by atoms with van der Waals surface area (Å²) in [5, 5.41) is 6.27. The first-order chi connectivity index (χ1) is 7.16. The maximum Gasteiger partial charge on any atom is 0.159 e. The number of anilines is 1. The monoisotopic (exact) mass is 227 g/mol. The van der Waals surface area contributed by atoms with Gasteiger partial charge in [-0.15, -0.1) is 0 Å². The van der Waals surface area contributed by atoms with Gasteiger partial charge >= 0.3 is 0 Å². The van der Waals surface area contributed by atoms with E-state index >= 15 is 0 Å². The van der Waals surface area contributed by atoms with Crippen LogP contribution in [0.15, 0.2) is 34.2 Å². The SMILES string of the molecule is Nc1[nH]ncc1Sc1ccc(F)c(F)c1. The Hall–Kier alpha value is -1.56. The molecule has 2 rings (SSSR count). The Morgan fingerprint density at radius 1 is 1.27 bits per heavy atom. The van der Waals surface area contributed by atoms with Crippen LogP contribution in [0.3, 0.4) is 0 Å². The van der Waals surface area contributed by atoms with Gasteiger partial charge in [0.25, 0.3) is 0 Å². The number of nitrogens with zero attached hydrogens (tertiary/aromatic N) is 1. The van der Waals surface area contributed by atoms with E-state index in [2.05, 4.69) is 10.2 Å². The molecule has 0 aliphatic heterocycles. The van der Waals surface area contributed by atoms with Crippen molar-refractivity contribution < 1.29 is 8.78 Å². The third-order valence-electron chi connectivity index (χ3n) is 1.75. The average molecular weight is 227 g/mol. The molecule has 0 aliphatic rings. The minimum absolute atomic E-state index is 0.407. The first kappa shape index (κ1) is 9.97. The van der Waals surface area contributed by atoms with Crippen LogP contribution in [-0.4, -0.2) is 10.2 Å². The van der Waals surface area contributed by atoms with Gasteiger partial charge in [0.05, 0.1) is 11.1 Å². The Balaban J connectivity index is 2.25. The molecule has 0 fully saturated rings. The van der Waals surface area contributed by atoms with Gasteiger partial charge in [-0.2, -0.15) is 5.10 Å². The minimum Gasteiger partial charge on any atom is -0.383 e. The minimum atomic E-state index is -0.873. The molecule has 0 saturated heterocycles. The number of hydrogen-bond donors (Lipinski definition) is 2. The van der Waals surface area contributed by atoms with E-state index < -0.39 is 11.6 Å². The van der Waals surface area contributed by atoms with Crippen molar-refractivity contribution in [2.45, 2.75) is 9.79 Å². The number of halogens is 2. The molecular weight excluding hydrogens is 220 g/mol. The zero-order valence-electron chi connectivity index (χ0n) is 7.50. The largest absolute Gasteiger partial charge is 0.383 e. The van der Waals surface area contributed by atoms with Gasteiger partial charge in [0.2, 0.25) is 0 Å². The number of nitrogens with one attached hydrogen (secondary N) is 1. The zero-order chi connectivity index (χ0) is 10.8. The summed E-state index contributed by atoms with van der Waals surface area (Å²) in [5.74, 6) is -1.33. The van der Waals surface area contributed by atoms with Crippen LogP contribution >= 0.6 is 11.8 Å². The van der Waals surface area contributed by atoms with Crippen LogP contribution < -0.4 is 5.73 Å². The molecule has 0 atom stereocenters. The van der Waals surface area contributed by atoms with Crippen molar-refractivity contribution in [2.75, 3.05) is 5.73 Å². The second kappa shape index (κ2) is 3.90. The molecule has 3 nitrogen and oxygen atoms in total. The molecule has 0 amide bonds. The molecule has 1 aromatic carbocycles. The fourth-order valence-electron chi connectivity index (χ4n) is 1.03. The molecule has 78 valence electrons. The second-order valence-corrected chi connectivity index (χ2v) is 3.94. The van der Waals surface area contributed by atoms with Crippen LogP contribution in [-0.2, 0) is 0 Å². The Morgan fingerprint density at radius 3 is 2.67 bits per heavy atom. The van der Waals surface area contributed by atoms with E-state index in [0.29, 0.717) is 15.6 Å². The average Bonchev–Trinajstić information content (AvgIpc) is 2.59. The molecule has 1 heterocycles. The van der Waals surface area contributed by atoms with E-state index in [1.54, 1.807) is 0 Å². The summed E-state index contributed by atoms with van der Waals surface area (Å²) in [7, 11) is 0. The van der Waals surface area contributed by atoms with Gasteiger partial charge in [-0.1, -0.05) is 11.8 Å². The van der Waals surface area contributed by atoms with Crippen molar-refractivity contribution in [2.24, 2.45) is 0 Å². The number of benzene rings is 1. The van der Waals surface area contributed by atoms with Crippen molar-refractivity contribution >= 4 is 17.6 Å². The molecule has 3 N–H and O–H groups in total. The third kappa shape index (κ3) is 2.10. The molecule has 2 aromatic rings. The Kier molecular flexibility index (Phi) is 2.59. The van der Waals surface area contributed by atoms with E-state index in [0.717, 1.165) is 12.1 Å². The maximum atomic E-state index is 12.9. The molecular formula is C9H7F2N3S. The Morgan fingerprint density at radius 2 is 2.07 bits per heavy atom. The Labute approximate surface area is 88.7 Å². The van der Waals surface area contributed by atoms with E-state index in [1.165, 1.54) is 24.0 Å². The standard InChI is InChI=1S/C9H7F2N3S/c10-6-2-1-5(3-7(6)11)15-8-4-13-14-9(8)12/h1-4H,(H3,12,13,14). The van der Waals surface area contributed by atoms with Crippen LogP contribution in [0.4, 0.5) is 14.6 Å². The fourth-order valence-corrected chi connectivity index (χ4v) is 1.85. The van der Waals surface area contributed by atoms with Crippen molar-refractivity contribution in [3.63, 3.8) is 0 Å². The molecule has 15 heavy (non-hydrogen) atoms. The highest BCUT2D eigenvalue weighted by molar-refractivity contribution is 7.99. The van der Waals surface area contributed by atoms with Gasteiger partial charge in [0.1, 0.15) is 5.82 Å². The lowest BCUT2D eigenvalue weighted by molar-refractivity contribution is 0.506. The van der Waals surface area contributed by atoms with Crippen LogP contribution in [0, 0.1) is 11.6 Å². The van der Waals surface area contributed by atoms with Crippen molar-refractivity contribution in [3.8, 4) is 0 Å². The number of rotatable bonds is 2. The summed E-state index contributed by atoms with van der Waals surface area (Å²) < 4.78 is 25.5. The van der Waals surface area contributed by atoms with Gasteiger partial charge < -0.3 is 5.73 Å². The number of hydrogen-bond acceptors (Lipinski definition) is 3. The number of H-pyrrole nitrogens is 1. The van der Waals surface area contributed by atoms with Crippen molar-refractivity contribution in [1.82, 2.24) is 10.2 Å². The topological polar surface area (TPSA) is 54.7 Å². The molecule has 0 unspecified atom stereocenters. The molecule has 0 radical (unpaired) electrons. The first-order valence-corrected chi connectivity index (χ1v) is 4.90. The van der Waals surface area contributed by atoms with Gasteiger partial charge in [-0.25, -0.2) is 8.78 Å². The summed E-state index contributed by atoms with van der Waals surface area (Å²) in [6.07, 6.45) is 1.53. The predicted octanol–water partition coefficient (Wildman–Crippen LogP) is 2.42. The Bertz CT molecular complexity index is 484. The van der Waals surface area contributed by atoms with Crippen LogP contribution in [0.2, 0.25) is 0 Å². The molecule has 0 spiro atoms. The highest BCUT2D eigenvalue weighted by Gasteiger charge is 2.06. The zero-order valence-corrected chi connectivity index (χ0v) is 8.31. The third-order valence-corrected chi connectivity index (χ3v) is 2.79. The quantitative estimate of drug-likeness (QED) is 0.828. The lowest BCUT2D eigenvalue weighted by Crippen LogP contribution is -1.87. The van der Waals surface area contributed by atoms with Crippen molar-refractivity contribution in [1.29, 1.82) is 0 Å². The van der Waals surface area contributed by atoms with Gasteiger partial charge in [-0.05, 0) is 18.2 Å². The first-order valence-electron chi connectivity index (χ1n) is 4.08. The number of nitrogens with two attached hydrogens (primary N) is 1. The molecule has 1 aromatic heterocycles. The number of aromatic nitrogens is 2. The molecule has 0 bridgehead atoms. The number of nitrogen functional groups attached to an aromatic ring is 1. The number of aromatic amines is 1. The maximum absolute atomic E-state index is 12.9. The van der Waals surface area contributed by atoms with Gasteiger partial charge in [0.15, 0.2) is 11.6 Å². The van der Waals surface area contributed by atoms with Crippen molar-refractivity contribution in [3.05, 3.63) is 36.0 Å². The fraction of sp³-hybridized carbons (Fsp3) is 0. The van der Waals surface area contributed by atoms with E-state index in [1.807, 2.05) is 0 Å². The summed E-state index contributed by atoms with van der Waals surface area (Å²) in [4.78, 5) is 1.25. The van der Waals surface area contributed by atoms with Crippen LogP contribution in [0.5, 0.6) is 0 Å². The summed E-state index contributed by atoms with van der Waals surface area (Å²) in [6, 6.07) is 3.68. The van der Waals surface area contributed by atoms with Crippen LogP contribution in [0.25, 0.3) is 0 Å².